The second-order valence-corrected chi connectivity index (χ2v) is 4.64. The van der Waals surface area contributed by atoms with Gasteiger partial charge in [0.05, 0.1) is 11.6 Å². The summed E-state index contributed by atoms with van der Waals surface area (Å²) in [5.41, 5.74) is 2.68. The van der Waals surface area contributed by atoms with Gasteiger partial charge in [-0.25, -0.2) is 0 Å². The maximum absolute atomic E-state index is 9.39. The Morgan fingerprint density at radius 2 is 1.50 bits per heavy atom. The van der Waals surface area contributed by atoms with Crippen molar-refractivity contribution in [2.75, 3.05) is 0 Å². The van der Waals surface area contributed by atoms with E-state index in [4.69, 9.17) is 0 Å². The van der Waals surface area contributed by atoms with Gasteiger partial charge in [-0.15, -0.1) is 0 Å². The maximum Gasteiger partial charge on any atom is 0.0998 e. The molecule has 0 heterocycles. The van der Waals surface area contributed by atoms with Gasteiger partial charge in [0.15, 0.2) is 0 Å². The third-order valence-electron chi connectivity index (χ3n) is 3.29. The average molecular weight is 255 g/mol. The van der Waals surface area contributed by atoms with Gasteiger partial charge in [0.1, 0.15) is 0 Å². The molecule has 0 N–H and O–H groups in total. The number of allylic oxidation sites excluding steroid dienone is 1. The smallest absolute Gasteiger partial charge is 0.0998 e. The Kier molecular flexibility index (Phi) is 3.31. The van der Waals surface area contributed by atoms with Crippen LogP contribution in [0.4, 0.5) is 0 Å². The molecule has 3 rings (SSSR count). The van der Waals surface area contributed by atoms with E-state index in [1.54, 1.807) is 0 Å². The Balaban J connectivity index is 2.08. The lowest BCUT2D eigenvalue weighted by Gasteiger charge is -2.03. The molecular weight excluding hydrogens is 242 g/mol. The molecule has 0 aromatic heterocycles. The highest BCUT2D eigenvalue weighted by molar-refractivity contribution is 5.94. The summed E-state index contributed by atoms with van der Waals surface area (Å²) in [5, 5.41) is 11.7. The van der Waals surface area contributed by atoms with Crippen molar-refractivity contribution in [2.24, 2.45) is 0 Å². The van der Waals surface area contributed by atoms with Crippen LogP contribution in [0.1, 0.15) is 11.1 Å². The van der Waals surface area contributed by atoms with Crippen molar-refractivity contribution in [3.8, 4) is 6.07 Å². The zero-order chi connectivity index (χ0) is 13.8. The number of fused-ring (bicyclic) bond motifs is 1. The van der Waals surface area contributed by atoms with E-state index in [1.165, 1.54) is 5.39 Å². The van der Waals surface area contributed by atoms with Crippen molar-refractivity contribution in [1.29, 1.82) is 5.26 Å². The molecule has 0 saturated heterocycles. The first kappa shape index (κ1) is 12.2. The van der Waals surface area contributed by atoms with Crippen LogP contribution in [-0.4, -0.2) is 0 Å². The van der Waals surface area contributed by atoms with E-state index in [0.717, 1.165) is 16.5 Å². The monoisotopic (exact) mass is 255 g/mol. The summed E-state index contributed by atoms with van der Waals surface area (Å²) < 4.78 is 0. The maximum atomic E-state index is 9.39. The molecule has 3 aromatic rings. The molecule has 0 bridgehead atoms. The number of benzene rings is 3. The SMILES string of the molecule is N#C/C(=C/c1ccccc1)c1ccc2ccccc2c1. The fourth-order valence-electron chi connectivity index (χ4n) is 2.25. The van der Waals surface area contributed by atoms with Crippen molar-refractivity contribution in [3.63, 3.8) is 0 Å². The summed E-state index contributed by atoms with van der Waals surface area (Å²) in [7, 11) is 0. The lowest BCUT2D eigenvalue weighted by Crippen LogP contribution is -1.83. The Hall–Kier alpha value is -2.85. The highest BCUT2D eigenvalue weighted by Crippen LogP contribution is 2.22. The molecule has 1 heteroatoms. The molecule has 1 nitrogen and oxygen atoms in total. The van der Waals surface area contributed by atoms with Gasteiger partial charge in [-0.3, -0.25) is 0 Å². The molecule has 0 unspecified atom stereocenters. The van der Waals surface area contributed by atoms with Crippen LogP contribution < -0.4 is 0 Å². The zero-order valence-electron chi connectivity index (χ0n) is 11.0. The van der Waals surface area contributed by atoms with Gasteiger partial charge >= 0.3 is 0 Å². The fourth-order valence-corrected chi connectivity index (χ4v) is 2.25. The van der Waals surface area contributed by atoms with Crippen molar-refractivity contribution in [1.82, 2.24) is 0 Å². The van der Waals surface area contributed by atoms with Crippen LogP contribution in [0, 0.1) is 11.3 Å². The summed E-state index contributed by atoms with van der Waals surface area (Å²) in [4.78, 5) is 0. The van der Waals surface area contributed by atoms with Crippen molar-refractivity contribution < 1.29 is 0 Å². The molecule has 20 heavy (non-hydrogen) atoms. The summed E-state index contributed by atoms with van der Waals surface area (Å²) in [6.45, 7) is 0. The average Bonchev–Trinajstić information content (AvgIpc) is 2.53. The third kappa shape index (κ3) is 2.46. The topological polar surface area (TPSA) is 23.8 Å². The van der Waals surface area contributed by atoms with E-state index >= 15 is 0 Å². The summed E-state index contributed by atoms with van der Waals surface area (Å²) in [6, 6.07) is 26.5. The molecule has 3 aromatic carbocycles. The molecular formula is C19H13N. The molecule has 0 radical (unpaired) electrons. The molecule has 0 aliphatic heterocycles. The standard InChI is InChI=1S/C19H13N/c20-14-19(12-15-6-2-1-3-7-15)18-11-10-16-8-4-5-9-17(16)13-18/h1-13H/b19-12-. The second kappa shape index (κ2) is 5.42. The molecule has 0 saturated carbocycles. The molecule has 0 spiro atoms. The molecule has 0 aliphatic carbocycles. The lowest BCUT2D eigenvalue weighted by atomic mass is 10.0. The fraction of sp³-hybridized carbons (Fsp3) is 0. The van der Waals surface area contributed by atoms with Gasteiger partial charge in [0.2, 0.25) is 0 Å². The van der Waals surface area contributed by atoms with E-state index in [-0.39, 0.29) is 0 Å². The van der Waals surface area contributed by atoms with E-state index in [0.29, 0.717) is 5.57 Å². The van der Waals surface area contributed by atoms with Gasteiger partial charge in [-0.05, 0) is 34.0 Å². The highest BCUT2D eigenvalue weighted by Gasteiger charge is 2.02. The summed E-state index contributed by atoms with van der Waals surface area (Å²) >= 11 is 0. The Bertz CT molecular complexity index is 808. The van der Waals surface area contributed by atoms with Gasteiger partial charge in [-0.2, -0.15) is 5.26 Å². The van der Waals surface area contributed by atoms with Crippen molar-refractivity contribution in [3.05, 3.63) is 83.9 Å². The molecule has 0 atom stereocenters. The Labute approximate surface area is 118 Å². The van der Waals surface area contributed by atoms with Crippen LogP contribution in [0.15, 0.2) is 72.8 Å². The lowest BCUT2D eigenvalue weighted by molar-refractivity contribution is 1.53. The molecule has 94 valence electrons. The Morgan fingerprint density at radius 3 is 2.25 bits per heavy atom. The summed E-state index contributed by atoms with van der Waals surface area (Å²) in [6.07, 6.45) is 1.92. The van der Waals surface area contributed by atoms with Crippen molar-refractivity contribution >= 4 is 22.4 Å². The van der Waals surface area contributed by atoms with Crippen LogP contribution in [0.3, 0.4) is 0 Å². The van der Waals surface area contributed by atoms with E-state index < -0.39 is 0 Å². The first-order valence-corrected chi connectivity index (χ1v) is 6.53. The van der Waals surface area contributed by atoms with Crippen LogP contribution in [0.25, 0.3) is 22.4 Å². The van der Waals surface area contributed by atoms with Gasteiger partial charge in [-0.1, -0.05) is 66.7 Å². The molecule has 0 fully saturated rings. The van der Waals surface area contributed by atoms with Gasteiger partial charge in [0.25, 0.3) is 0 Å². The molecule has 0 aliphatic rings. The zero-order valence-corrected chi connectivity index (χ0v) is 11.0. The summed E-state index contributed by atoms with van der Waals surface area (Å²) in [5.74, 6) is 0. The number of hydrogen-bond acceptors (Lipinski definition) is 1. The number of nitriles is 1. The normalized spacial score (nSPS) is 11.2. The minimum atomic E-state index is 0.682. The number of nitrogens with zero attached hydrogens (tertiary/aromatic N) is 1. The number of hydrogen-bond donors (Lipinski definition) is 0. The second-order valence-electron chi connectivity index (χ2n) is 4.64. The van der Waals surface area contributed by atoms with Crippen LogP contribution in [0.5, 0.6) is 0 Å². The van der Waals surface area contributed by atoms with E-state index in [2.05, 4.69) is 30.3 Å². The minimum absolute atomic E-state index is 0.682. The minimum Gasteiger partial charge on any atom is -0.192 e. The highest BCUT2D eigenvalue weighted by atomic mass is 14.2. The quantitative estimate of drug-likeness (QED) is 0.471. The predicted octanol–water partition coefficient (Wildman–Crippen LogP) is 4.90. The molecule has 0 amide bonds. The van der Waals surface area contributed by atoms with E-state index in [1.807, 2.05) is 54.6 Å². The van der Waals surface area contributed by atoms with E-state index in [9.17, 15) is 5.26 Å². The Morgan fingerprint density at radius 1 is 0.800 bits per heavy atom. The van der Waals surface area contributed by atoms with Gasteiger partial charge < -0.3 is 0 Å². The third-order valence-corrected chi connectivity index (χ3v) is 3.29. The van der Waals surface area contributed by atoms with Crippen molar-refractivity contribution in [2.45, 2.75) is 0 Å². The van der Waals surface area contributed by atoms with Crippen LogP contribution in [-0.2, 0) is 0 Å². The predicted molar refractivity (Wildman–Crippen MR) is 83.9 cm³/mol. The largest absolute Gasteiger partial charge is 0.192 e. The van der Waals surface area contributed by atoms with Crippen LogP contribution in [0.2, 0.25) is 0 Å². The van der Waals surface area contributed by atoms with Crippen LogP contribution >= 0.6 is 0 Å². The first-order valence-electron chi connectivity index (χ1n) is 6.53. The number of rotatable bonds is 2. The van der Waals surface area contributed by atoms with Gasteiger partial charge in [0, 0.05) is 0 Å². The first-order chi connectivity index (χ1) is 9.86.